The molecule has 4 aliphatic rings. The van der Waals surface area contributed by atoms with Gasteiger partial charge in [-0.2, -0.15) is 4.98 Å². The molecule has 3 aliphatic heterocycles. The number of nitrogens with one attached hydrogen (secondary N) is 3. The van der Waals surface area contributed by atoms with Crippen molar-refractivity contribution in [3.8, 4) is 0 Å². The van der Waals surface area contributed by atoms with E-state index in [0.717, 1.165) is 75.6 Å². The summed E-state index contributed by atoms with van der Waals surface area (Å²) in [6, 6.07) is 9.03. The third-order valence-electron chi connectivity index (χ3n) is 7.63. The highest BCUT2D eigenvalue weighted by molar-refractivity contribution is 5.94. The first kappa shape index (κ1) is 21.6. The Morgan fingerprint density at radius 3 is 2.47 bits per heavy atom. The fourth-order valence-corrected chi connectivity index (χ4v) is 5.75. The second-order valence-electron chi connectivity index (χ2n) is 9.82. The highest BCUT2D eigenvalue weighted by atomic mass is 16.2. The van der Waals surface area contributed by atoms with Crippen LogP contribution in [0.2, 0.25) is 0 Å². The molecular weight excluding hydrogens is 428 g/mol. The lowest BCUT2D eigenvalue weighted by molar-refractivity contribution is 0.174. The summed E-state index contributed by atoms with van der Waals surface area (Å²) in [6.07, 6.45) is 7.34. The molecule has 2 amide bonds. The van der Waals surface area contributed by atoms with Crippen LogP contribution in [0.3, 0.4) is 0 Å². The Hall–Kier alpha value is -2.91. The molecule has 6 rings (SSSR count). The number of nitrogens with zero attached hydrogens (tertiary/aromatic N) is 5. The minimum atomic E-state index is 0.109. The maximum Gasteiger partial charge on any atom is 0.326 e. The van der Waals surface area contributed by atoms with Gasteiger partial charge in [-0.05, 0) is 50.1 Å². The van der Waals surface area contributed by atoms with Crippen molar-refractivity contribution < 1.29 is 4.79 Å². The number of fused-ring (bicyclic) bond motifs is 1. The van der Waals surface area contributed by atoms with Gasteiger partial charge in [0.25, 0.3) is 0 Å². The van der Waals surface area contributed by atoms with E-state index in [0.29, 0.717) is 12.5 Å². The smallest absolute Gasteiger partial charge is 0.326 e. The summed E-state index contributed by atoms with van der Waals surface area (Å²) in [5.41, 5.74) is 3.22. The maximum absolute atomic E-state index is 13.7. The number of carbonyl (C=O) groups is 1. The average Bonchev–Trinajstić information content (AvgIpc) is 3.60. The molecule has 34 heavy (non-hydrogen) atoms. The van der Waals surface area contributed by atoms with Crippen molar-refractivity contribution >= 4 is 29.2 Å². The monoisotopic (exact) mass is 462 g/mol. The molecule has 1 saturated carbocycles. The molecule has 1 atom stereocenters. The molecule has 0 radical (unpaired) electrons. The van der Waals surface area contributed by atoms with Crippen LogP contribution in [-0.4, -0.2) is 72.3 Å². The Morgan fingerprint density at radius 1 is 0.941 bits per heavy atom. The fourth-order valence-electron chi connectivity index (χ4n) is 5.75. The van der Waals surface area contributed by atoms with Gasteiger partial charge >= 0.3 is 6.03 Å². The fraction of sp³-hybridized carbons (Fsp3) is 0.560. The molecule has 0 bridgehead atoms. The lowest BCUT2D eigenvalue weighted by atomic mass is 10.1. The van der Waals surface area contributed by atoms with Gasteiger partial charge in [0.1, 0.15) is 5.82 Å². The zero-order valence-electron chi connectivity index (χ0n) is 19.7. The van der Waals surface area contributed by atoms with Gasteiger partial charge in [-0.3, -0.25) is 4.90 Å². The third-order valence-corrected chi connectivity index (χ3v) is 7.63. The zero-order valence-corrected chi connectivity index (χ0v) is 19.7. The molecule has 9 heteroatoms. The number of hydrogen-bond donors (Lipinski definition) is 3. The molecule has 180 valence electrons. The van der Waals surface area contributed by atoms with Crippen molar-refractivity contribution in [1.29, 1.82) is 0 Å². The zero-order chi connectivity index (χ0) is 22.9. The van der Waals surface area contributed by atoms with Crippen molar-refractivity contribution in [2.45, 2.75) is 50.7 Å². The van der Waals surface area contributed by atoms with Crippen LogP contribution in [0.5, 0.6) is 0 Å². The van der Waals surface area contributed by atoms with Crippen molar-refractivity contribution in [3.05, 3.63) is 36.0 Å². The van der Waals surface area contributed by atoms with E-state index in [1.807, 2.05) is 16.0 Å². The highest BCUT2D eigenvalue weighted by Gasteiger charge is 2.40. The third kappa shape index (κ3) is 4.18. The van der Waals surface area contributed by atoms with Gasteiger partial charge in [-0.1, -0.05) is 12.8 Å². The second-order valence-corrected chi connectivity index (χ2v) is 9.82. The van der Waals surface area contributed by atoms with E-state index in [1.54, 1.807) is 0 Å². The molecule has 0 spiro atoms. The second kappa shape index (κ2) is 9.38. The van der Waals surface area contributed by atoms with Crippen LogP contribution in [0.1, 0.15) is 37.7 Å². The molecular formula is C25H34N8O. The summed E-state index contributed by atoms with van der Waals surface area (Å²) in [5, 5.41) is 10.2. The van der Waals surface area contributed by atoms with E-state index < -0.39 is 0 Å². The van der Waals surface area contributed by atoms with Gasteiger partial charge in [-0.25, -0.2) is 9.78 Å². The number of amides is 2. The van der Waals surface area contributed by atoms with E-state index in [-0.39, 0.29) is 18.1 Å². The van der Waals surface area contributed by atoms with E-state index in [9.17, 15) is 4.79 Å². The van der Waals surface area contributed by atoms with Crippen LogP contribution in [0, 0.1) is 0 Å². The Labute approximate surface area is 200 Å². The SMILES string of the molecule is O=C1N(C2CCCC2)c2nc(Nc3ccc(N4CCNCC4)cc3)ncc2CN1[C@@H]1CCNC1. The molecule has 4 heterocycles. The highest BCUT2D eigenvalue weighted by Crippen LogP contribution is 2.36. The van der Waals surface area contributed by atoms with Crippen molar-refractivity contribution in [2.75, 3.05) is 54.4 Å². The molecule has 0 unspecified atom stereocenters. The summed E-state index contributed by atoms with van der Waals surface area (Å²) in [7, 11) is 0. The van der Waals surface area contributed by atoms with Gasteiger partial charge in [-0.15, -0.1) is 0 Å². The molecule has 9 nitrogen and oxygen atoms in total. The molecule has 1 aromatic heterocycles. The van der Waals surface area contributed by atoms with Crippen LogP contribution in [-0.2, 0) is 6.54 Å². The van der Waals surface area contributed by atoms with Crippen molar-refractivity contribution in [2.24, 2.45) is 0 Å². The Morgan fingerprint density at radius 2 is 1.74 bits per heavy atom. The minimum Gasteiger partial charge on any atom is -0.369 e. The van der Waals surface area contributed by atoms with Gasteiger partial charge in [0.2, 0.25) is 5.95 Å². The number of benzene rings is 1. The quantitative estimate of drug-likeness (QED) is 0.630. The number of rotatable bonds is 5. The minimum absolute atomic E-state index is 0.109. The molecule has 1 aliphatic carbocycles. The van der Waals surface area contributed by atoms with E-state index in [1.165, 1.54) is 18.5 Å². The predicted octanol–water partition coefficient (Wildman–Crippen LogP) is 2.68. The number of anilines is 4. The van der Waals surface area contributed by atoms with Crippen molar-refractivity contribution in [1.82, 2.24) is 25.5 Å². The summed E-state index contributed by atoms with van der Waals surface area (Å²) in [4.78, 5) is 29.6. The number of hydrogen-bond acceptors (Lipinski definition) is 7. The van der Waals surface area contributed by atoms with Gasteiger partial charge < -0.3 is 25.8 Å². The van der Waals surface area contributed by atoms with Crippen LogP contribution < -0.4 is 25.8 Å². The van der Waals surface area contributed by atoms with Crippen LogP contribution >= 0.6 is 0 Å². The standard InChI is InChI=1S/C25H34N8O/c34-25-32(22-9-10-27-16-22)17-18-15-28-24(30-23(18)33(25)21-3-1-2-4-21)29-19-5-7-20(8-6-19)31-13-11-26-12-14-31/h5-8,15,21-22,26-27H,1-4,9-14,16-17H2,(H,28,29,30)/t22-/m1/s1. The molecule has 3 N–H and O–H groups in total. The molecule has 1 aromatic carbocycles. The first-order valence-corrected chi connectivity index (χ1v) is 12.8. The molecule has 3 fully saturated rings. The number of urea groups is 1. The Kier molecular flexibility index (Phi) is 5.97. The van der Waals surface area contributed by atoms with Crippen LogP contribution in [0.15, 0.2) is 30.5 Å². The van der Waals surface area contributed by atoms with E-state index in [4.69, 9.17) is 4.98 Å². The first-order valence-electron chi connectivity index (χ1n) is 12.8. The number of carbonyl (C=O) groups excluding carboxylic acids is 1. The average molecular weight is 463 g/mol. The van der Waals surface area contributed by atoms with Gasteiger partial charge in [0.15, 0.2) is 0 Å². The molecule has 2 aromatic rings. The lowest BCUT2D eigenvalue weighted by Crippen LogP contribution is -2.55. The van der Waals surface area contributed by atoms with E-state index >= 15 is 0 Å². The summed E-state index contributed by atoms with van der Waals surface area (Å²) < 4.78 is 0. The van der Waals surface area contributed by atoms with Gasteiger partial charge in [0.05, 0.1) is 6.54 Å². The largest absolute Gasteiger partial charge is 0.369 e. The normalized spacial score (nSPS) is 23.5. The van der Waals surface area contributed by atoms with E-state index in [2.05, 4.69) is 50.1 Å². The topological polar surface area (TPSA) is 88.7 Å². The van der Waals surface area contributed by atoms with Crippen LogP contribution in [0.25, 0.3) is 0 Å². The van der Waals surface area contributed by atoms with Crippen molar-refractivity contribution in [3.63, 3.8) is 0 Å². The maximum atomic E-state index is 13.7. The predicted molar refractivity (Wildman–Crippen MR) is 134 cm³/mol. The number of aromatic nitrogens is 2. The Bertz CT molecular complexity index is 1010. The van der Waals surface area contributed by atoms with Gasteiger partial charge in [0, 0.05) is 67.9 Å². The summed E-state index contributed by atoms with van der Waals surface area (Å²) >= 11 is 0. The Balaban J connectivity index is 1.24. The lowest BCUT2D eigenvalue weighted by Gasteiger charge is -2.41. The van der Waals surface area contributed by atoms with Crippen LogP contribution in [0.4, 0.5) is 27.9 Å². The number of piperazine rings is 1. The summed E-state index contributed by atoms with van der Waals surface area (Å²) in [5.74, 6) is 1.33. The summed E-state index contributed by atoms with van der Waals surface area (Å²) in [6.45, 7) is 6.52. The molecule has 2 saturated heterocycles. The first-order chi connectivity index (χ1) is 16.8.